The van der Waals surface area contributed by atoms with Gasteiger partial charge in [0.05, 0.1) is 0 Å². The Bertz CT molecular complexity index is 314. The van der Waals surface area contributed by atoms with Crippen molar-refractivity contribution in [2.75, 3.05) is 0 Å². The first kappa shape index (κ1) is 13.2. The smallest absolute Gasteiger partial charge is 0.225 e. The van der Waals surface area contributed by atoms with Gasteiger partial charge in [0.1, 0.15) is 11.2 Å². The van der Waals surface area contributed by atoms with Gasteiger partial charge in [0.2, 0.25) is 0 Å². The lowest BCUT2D eigenvalue weighted by Crippen LogP contribution is -2.67. The number of allylic oxidation sites excluding steroid dienone is 2. The molecule has 1 rings (SSSR count). The third-order valence-electron chi connectivity index (χ3n) is 3.03. The molecular weight excluding hydrogens is 248 g/mol. The second-order valence-electron chi connectivity index (χ2n) is 3.72. The minimum Gasteiger partial charge on any atom is -0.225 e. The second kappa shape index (κ2) is 2.89. The van der Waals surface area contributed by atoms with E-state index in [2.05, 4.69) is 0 Å². The molecule has 0 amide bonds. The van der Waals surface area contributed by atoms with Gasteiger partial charge in [0.15, 0.2) is 0 Å². The van der Waals surface area contributed by atoms with Crippen molar-refractivity contribution < 1.29 is 35.1 Å². The predicted molar refractivity (Wildman–Crippen MR) is 37.9 cm³/mol. The van der Waals surface area contributed by atoms with Gasteiger partial charge in [0.25, 0.3) is 5.67 Å². The summed E-state index contributed by atoms with van der Waals surface area (Å²) in [4.78, 5) is 0. The Morgan fingerprint density at radius 1 is 0.938 bits per heavy atom. The first-order valence-electron chi connectivity index (χ1n) is 4.01. The Kier molecular flexibility index (Phi) is 2.39. The van der Waals surface area contributed by atoms with Gasteiger partial charge in [-0.05, 0) is 19.4 Å². The largest absolute Gasteiger partial charge is 0.430 e. The van der Waals surface area contributed by atoms with E-state index in [4.69, 9.17) is 0 Å². The number of rotatable bonds is 0. The molecule has 0 fully saturated rings. The molecule has 1 aliphatic rings. The highest BCUT2D eigenvalue weighted by Gasteiger charge is 2.84. The van der Waals surface area contributed by atoms with Crippen molar-refractivity contribution in [1.82, 2.24) is 0 Å². The van der Waals surface area contributed by atoms with E-state index in [-0.39, 0.29) is 6.92 Å². The van der Waals surface area contributed by atoms with Crippen molar-refractivity contribution in [3.63, 3.8) is 0 Å². The Morgan fingerprint density at radius 3 is 1.50 bits per heavy atom. The summed E-state index contributed by atoms with van der Waals surface area (Å²) in [5.41, 5.74) is -10.1. The molecule has 8 heteroatoms. The van der Waals surface area contributed by atoms with Crippen molar-refractivity contribution in [2.45, 2.75) is 31.9 Å². The molecule has 2 unspecified atom stereocenters. The van der Waals surface area contributed by atoms with E-state index in [9.17, 15) is 35.1 Å². The topological polar surface area (TPSA) is 0 Å². The molecule has 0 saturated heterocycles. The van der Waals surface area contributed by atoms with Gasteiger partial charge in [-0.15, -0.1) is 0 Å². The molecule has 0 N–H and O–H groups in total. The molecule has 94 valence electrons. The second-order valence-corrected chi connectivity index (χ2v) is 3.72. The van der Waals surface area contributed by atoms with E-state index in [1.165, 1.54) is 0 Å². The van der Waals surface area contributed by atoms with E-state index in [1.54, 1.807) is 0 Å². The molecule has 0 radical (unpaired) electrons. The summed E-state index contributed by atoms with van der Waals surface area (Å²) in [6.45, 7) is 0.491. The van der Waals surface area contributed by atoms with Crippen molar-refractivity contribution in [2.24, 2.45) is 5.41 Å². The summed E-state index contributed by atoms with van der Waals surface area (Å²) in [5.74, 6) is -2.40. The quantitative estimate of drug-likeness (QED) is 0.571. The zero-order chi connectivity index (χ0) is 13.2. The van der Waals surface area contributed by atoms with Crippen LogP contribution in [0.25, 0.3) is 0 Å². The highest BCUT2D eigenvalue weighted by atomic mass is 19.4. The predicted octanol–water partition coefficient (Wildman–Crippen LogP) is 4.08. The normalized spacial score (nSPS) is 36.4. The maximum Gasteiger partial charge on any atom is 0.430 e. The molecule has 16 heavy (non-hydrogen) atoms. The molecule has 0 bridgehead atoms. The van der Waals surface area contributed by atoms with E-state index in [0.29, 0.717) is 6.92 Å². The Balaban J connectivity index is 3.46. The van der Waals surface area contributed by atoms with E-state index >= 15 is 0 Å². The summed E-state index contributed by atoms with van der Waals surface area (Å²) >= 11 is 0. The fourth-order valence-electron chi connectivity index (χ4n) is 1.71. The fraction of sp³-hybridized carbons (Fsp3) is 0.750. The zero-order valence-corrected chi connectivity index (χ0v) is 8.02. The van der Waals surface area contributed by atoms with Crippen LogP contribution in [0.2, 0.25) is 0 Å². The van der Waals surface area contributed by atoms with Gasteiger partial charge in [-0.3, -0.25) is 0 Å². The number of alkyl halides is 7. The van der Waals surface area contributed by atoms with Gasteiger partial charge in [-0.1, -0.05) is 0 Å². The lowest BCUT2D eigenvalue weighted by Gasteiger charge is -2.51. The molecular formula is C8H6F8. The Labute approximate surface area is 84.9 Å². The maximum atomic E-state index is 13.3. The number of hydrogen-bond acceptors (Lipinski definition) is 0. The molecule has 0 saturated carbocycles. The zero-order valence-electron chi connectivity index (χ0n) is 8.02. The van der Waals surface area contributed by atoms with Crippen LogP contribution in [-0.2, 0) is 0 Å². The first-order chi connectivity index (χ1) is 6.82. The summed E-state index contributed by atoms with van der Waals surface area (Å²) < 4.78 is 99.8. The lowest BCUT2D eigenvalue weighted by atomic mass is 9.58. The van der Waals surface area contributed by atoms with Crippen LogP contribution in [0, 0.1) is 5.41 Å². The van der Waals surface area contributed by atoms with Crippen LogP contribution in [-0.4, -0.2) is 18.0 Å². The average Bonchev–Trinajstić information content (AvgIpc) is 2.09. The Hall–Kier alpha value is -0.820. The third-order valence-corrected chi connectivity index (χ3v) is 3.03. The minimum atomic E-state index is -5.94. The fourth-order valence-corrected chi connectivity index (χ4v) is 1.71. The van der Waals surface area contributed by atoms with Gasteiger partial charge in [-0.2, -0.15) is 26.3 Å². The van der Waals surface area contributed by atoms with Crippen molar-refractivity contribution in [1.29, 1.82) is 0 Å². The van der Waals surface area contributed by atoms with Crippen LogP contribution >= 0.6 is 0 Å². The summed E-state index contributed by atoms with van der Waals surface area (Å²) in [6.07, 6.45) is -11.5. The van der Waals surface area contributed by atoms with E-state index in [1.807, 2.05) is 0 Å². The van der Waals surface area contributed by atoms with E-state index < -0.39 is 34.8 Å². The van der Waals surface area contributed by atoms with Crippen LogP contribution < -0.4 is 0 Å². The summed E-state index contributed by atoms with van der Waals surface area (Å²) in [5, 5.41) is 0. The molecule has 0 spiro atoms. The number of halogens is 8. The summed E-state index contributed by atoms with van der Waals surface area (Å²) in [7, 11) is 0. The maximum absolute atomic E-state index is 13.3. The minimum absolute atomic E-state index is 0.00109. The van der Waals surface area contributed by atoms with Crippen LogP contribution in [0.4, 0.5) is 35.1 Å². The van der Waals surface area contributed by atoms with Crippen molar-refractivity contribution in [3.8, 4) is 0 Å². The van der Waals surface area contributed by atoms with Crippen molar-refractivity contribution in [3.05, 3.63) is 11.4 Å². The SMILES string of the molecule is CC1=C(F)C(F)(C(F)(F)F)C1(C)C(F)(F)F. The molecule has 0 nitrogen and oxygen atoms in total. The van der Waals surface area contributed by atoms with Gasteiger partial charge in [-0.25, -0.2) is 8.78 Å². The Morgan fingerprint density at radius 2 is 1.31 bits per heavy atom. The molecule has 0 aromatic rings. The van der Waals surface area contributed by atoms with Crippen LogP contribution in [0.1, 0.15) is 13.8 Å². The third kappa shape index (κ3) is 1.10. The van der Waals surface area contributed by atoms with Crippen LogP contribution in [0.3, 0.4) is 0 Å². The van der Waals surface area contributed by atoms with Gasteiger partial charge >= 0.3 is 12.4 Å². The first-order valence-corrected chi connectivity index (χ1v) is 4.01. The highest BCUT2D eigenvalue weighted by Crippen LogP contribution is 2.69. The molecule has 1 aliphatic carbocycles. The molecule has 0 heterocycles. The monoisotopic (exact) mass is 254 g/mol. The molecule has 0 aliphatic heterocycles. The van der Waals surface area contributed by atoms with Crippen molar-refractivity contribution >= 4 is 0 Å². The lowest BCUT2D eigenvalue weighted by molar-refractivity contribution is -0.334. The highest BCUT2D eigenvalue weighted by molar-refractivity contribution is 5.44. The van der Waals surface area contributed by atoms with E-state index in [0.717, 1.165) is 0 Å². The standard InChI is InChI=1S/C8H6F8/c1-3-4(9)6(10,8(14,15)16)5(3,2)7(11,12)13/h1-2H3. The molecule has 0 aromatic carbocycles. The van der Waals surface area contributed by atoms with Gasteiger partial charge < -0.3 is 0 Å². The average molecular weight is 254 g/mol. The summed E-state index contributed by atoms with van der Waals surface area (Å²) in [6, 6.07) is 0. The molecule has 2 atom stereocenters. The van der Waals surface area contributed by atoms with Crippen LogP contribution in [0.15, 0.2) is 11.4 Å². The van der Waals surface area contributed by atoms with Crippen LogP contribution in [0.5, 0.6) is 0 Å². The molecule has 0 aromatic heterocycles. The number of hydrogen-bond donors (Lipinski definition) is 0. The van der Waals surface area contributed by atoms with Gasteiger partial charge in [0, 0.05) is 0 Å².